The molecule has 1 aromatic carbocycles. The Hall–Kier alpha value is -3.08. The van der Waals surface area contributed by atoms with Gasteiger partial charge < -0.3 is 4.74 Å². The van der Waals surface area contributed by atoms with E-state index in [9.17, 15) is 4.79 Å². The van der Waals surface area contributed by atoms with E-state index in [-0.39, 0.29) is 5.69 Å². The zero-order chi connectivity index (χ0) is 15.4. The van der Waals surface area contributed by atoms with Crippen LogP contribution in [0.25, 0.3) is 22.6 Å². The van der Waals surface area contributed by atoms with Crippen LogP contribution in [0.4, 0.5) is 0 Å². The molecule has 2 aromatic heterocycles. The number of hydrogen-bond acceptors (Lipinski definition) is 5. The molecule has 0 amide bonds. The van der Waals surface area contributed by atoms with Crippen molar-refractivity contribution in [1.82, 2.24) is 15.0 Å². The number of hydrogen-bond donors (Lipinski definition) is 0. The topological polar surface area (TPSA) is 65.0 Å². The lowest BCUT2D eigenvalue weighted by molar-refractivity contribution is 0.0594. The number of esters is 1. The number of ether oxygens (including phenoxy) is 1. The molecule has 0 fully saturated rings. The zero-order valence-electron chi connectivity index (χ0n) is 11.9. The Bertz CT molecular complexity index is 790. The quantitative estimate of drug-likeness (QED) is 0.694. The van der Waals surface area contributed by atoms with Gasteiger partial charge in [-0.15, -0.1) is 0 Å². The maximum Gasteiger partial charge on any atom is 0.359 e. The van der Waals surface area contributed by atoms with Gasteiger partial charge in [-0.1, -0.05) is 36.4 Å². The van der Waals surface area contributed by atoms with Gasteiger partial charge in [-0.2, -0.15) is 0 Å². The van der Waals surface area contributed by atoms with Crippen molar-refractivity contribution < 1.29 is 9.53 Å². The number of benzene rings is 1. The fourth-order valence-corrected chi connectivity index (χ4v) is 2.06. The number of methoxy groups -OCH3 is 1. The van der Waals surface area contributed by atoms with Crippen LogP contribution in [0.15, 0.2) is 60.9 Å². The molecule has 108 valence electrons. The van der Waals surface area contributed by atoms with Gasteiger partial charge in [-0.3, -0.25) is 4.98 Å². The molecule has 2 heterocycles. The Kier molecular flexibility index (Phi) is 3.87. The Morgan fingerprint density at radius 2 is 1.73 bits per heavy atom. The molecule has 0 radical (unpaired) electrons. The van der Waals surface area contributed by atoms with Gasteiger partial charge in [-0.05, 0) is 12.1 Å². The van der Waals surface area contributed by atoms with Crippen LogP contribution in [0.5, 0.6) is 0 Å². The molecule has 0 saturated heterocycles. The molecule has 22 heavy (non-hydrogen) atoms. The summed E-state index contributed by atoms with van der Waals surface area (Å²) in [7, 11) is 1.32. The van der Waals surface area contributed by atoms with E-state index in [4.69, 9.17) is 4.74 Å². The first kappa shape index (κ1) is 13.9. The molecule has 3 rings (SSSR count). The number of carbonyl (C=O) groups excluding carboxylic acids is 1. The predicted octanol–water partition coefficient (Wildman–Crippen LogP) is 2.99. The Labute approximate surface area is 127 Å². The van der Waals surface area contributed by atoms with Crippen molar-refractivity contribution in [3.63, 3.8) is 0 Å². The molecule has 0 unspecified atom stereocenters. The summed E-state index contributed by atoms with van der Waals surface area (Å²) in [5.74, 6) is -0.534. The van der Waals surface area contributed by atoms with E-state index in [1.54, 1.807) is 24.5 Å². The minimum Gasteiger partial charge on any atom is -0.464 e. The van der Waals surface area contributed by atoms with Gasteiger partial charge in [0, 0.05) is 11.8 Å². The third kappa shape index (κ3) is 2.69. The number of rotatable bonds is 3. The SMILES string of the molecule is COC(=O)c1ncc(-c2ccccc2)nc1-c1ccccn1. The number of pyridine rings is 1. The Morgan fingerprint density at radius 3 is 2.41 bits per heavy atom. The summed E-state index contributed by atoms with van der Waals surface area (Å²) in [5.41, 5.74) is 2.74. The van der Waals surface area contributed by atoms with Gasteiger partial charge in [0.05, 0.1) is 24.7 Å². The van der Waals surface area contributed by atoms with Crippen LogP contribution in [-0.2, 0) is 4.74 Å². The fourth-order valence-electron chi connectivity index (χ4n) is 2.06. The lowest BCUT2D eigenvalue weighted by Crippen LogP contribution is -2.09. The van der Waals surface area contributed by atoms with Crippen LogP contribution in [0.2, 0.25) is 0 Å². The Balaban J connectivity index is 2.17. The van der Waals surface area contributed by atoms with Gasteiger partial charge >= 0.3 is 5.97 Å². The molecule has 0 saturated carbocycles. The second kappa shape index (κ2) is 6.13. The van der Waals surface area contributed by atoms with E-state index < -0.39 is 5.97 Å². The maximum atomic E-state index is 11.9. The minimum atomic E-state index is -0.534. The van der Waals surface area contributed by atoms with Gasteiger partial charge in [0.1, 0.15) is 5.69 Å². The molecular weight excluding hydrogens is 278 g/mol. The average molecular weight is 291 g/mol. The summed E-state index contributed by atoms with van der Waals surface area (Å²) < 4.78 is 4.77. The van der Waals surface area contributed by atoms with Gasteiger partial charge in [-0.25, -0.2) is 14.8 Å². The molecule has 0 aliphatic rings. The average Bonchev–Trinajstić information content (AvgIpc) is 2.62. The third-order valence-corrected chi connectivity index (χ3v) is 3.13. The van der Waals surface area contributed by atoms with Crippen LogP contribution in [0.1, 0.15) is 10.5 Å². The second-order valence-corrected chi connectivity index (χ2v) is 4.53. The third-order valence-electron chi connectivity index (χ3n) is 3.13. The van der Waals surface area contributed by atoms with Crippen LogP contribution in [-0.4, -0.2) is 28.0 Å². The maximum absolute atomic E-state index is 11.9. The number of carbonyl (C=O) groups is 1. The van der Waals surface area contributed by atoms with Crippen molar-refractivity contribution in [3.8, 4) is 22.6 Å². The molecule has 3 aromatic rings. The lowest BCUT2D eigenvalue weighted by Gasteiger charge is -2.08. The summed E-state index contributed by atoms with van der Waals surface area (Å²) >= 11 is 0. The highest BCUT2D eigenvalue weighted by Gasteiger charge is 2.18. The highest BCUT2D eigenvalue weighted by Crippen LogP contribution is 2.23. The molecule has 0 atom stereocenters. The summed E-state index contributed by atoms with van der Waals surface area (Å²) in [6.07, 6.45) is 3.21. The lowest BCUT2D eigenvalue weighted by atomic mass is 10.1. The van der Waals surface area contributed by atoms with Gasteiger partial charge in [0.15, 0.2) is 5.69 Å². The van der Waals surface area contributed by atoms with E-state index in [1.807, 2.05) is 36.4 Å². The summed E-state index contributed by atoms with van der Waals surface area (Å²) in [5, 5.41) is 0. The normalized spacial score (nSPS) is 10.2. The summed E-state index contributed by atoms with van der Waals surface area (Å²) in [6, 6.07) is 15.1. The van der Waals surface area contributed by atoms with Crippen LogP contribution in [0.3, 0.4) is 0 Å². The predicted molar refractivity (Wildman–Crippen MR) is 82.0 cm³/mol. The second-order valence-electron chi connectivity index (χ2n) is 4.53. The molecule has 5 nitrogen and oxygen atoms in total. The first-order valence-electron chi connectivity index (χ1n) is 6.72. The van der Waals surface area contributed by atoms with Gasteiger partial charge in [0.2, 0.25) is 0 Å². The fraction of sp³-hybridized carbons (Fsp3) is 0.0588. The van der Waals surface area contributed by atoms with E-state index in [0.717, 1.165) is 5.56 Å². The first-order chi connectivity index (χ1) is 10.8. The summed E-state index contributed by atoms with van der Waals surface area (Å²) in [6.45, 7) is 0. The molecule has 5 heteroatoms. The van der Waals surface area contributed by atoms with E-state index in [1.165, 1.54) is 7.11 Å². The van der Waals surface area contributed by atoms with E-state index in [0.29, 0.717) is 17.1 Å². The largest absolute Gasteiger partial charge is 0.464 e. The molecule has 0 aliphatic heterocycles. The van der Waals surface area contributed by atoms with Crippen molar-refractivity contribution in [2.24, 2.45) is 0 Å². The van der Waals surface area contributed by atoms with Gasteiger partial charge in [0.25, 0.3) is 0 Å². The smallest absolute Gasteiger partial charge is 0.359 e. The zero-order valence-corrected chi connectivity index (χ0v) is 11.9. The van der Waals surface area contributed by atoms with E-state index >= 15 is 0 Å². The van der Waals surface area contributed by atoms with E-state index in [2.05, 4.69) is 15.0 Å². The number of aromatic nitrogens is 3. The van der Waals surface area contributed by atoms with Crippen molar-refractivity contribution >= 4 is 5.97 Å². The molecular formula is C17H13N3O2. The molecule has 0 bridgehead atoms. The highest BCUT2D eigenvalue weighted by molar-refractivity contribution is 5.93. The summed E-state index contributed by atoms with van der Waals surface area (Å²) in [4.78, 5) is 24.9. The highest BCUT2D eigenvalue weighted by atomic mass is 16.5. The molecule has 0 aliphatic carbocycles. The van der Waals surface area contributed by atoms with Crippen LogP contribution in [0, 0.1) is 0 Å². The van der Waals surface area contributed by atoms with Crippen molar-refractivity contribution in [2.45, 2.75) is 0 Å². The minimum absolute atomic E-state index is 0.154. The standard InChI is InChI=1S/C17H13N3O2/c1-22-17(21)16-15(13-9-5-6-10-18-13)20-14(11-19-16)12-7-3-2-4-8-12/h2-11H,1H3. The van der Waals surface area contributed by atoms with Crippen LogP contribution < -0.4 is 0 Å². The van der Waals surface area contributed by atoms with Crippen molar-refractivity contribution in [3.05, 3.63) is 66.6 Å². The van der Waals surface area contributed by atoms with Crippen molar-refractivity contribution in [1.29, 1.82) is 0 Å². The Morgan fingerprint density at radius 1 is 0.955 bits per heavy atom. The monoisotopic (exact) mass is 291 g/mol. The van der Waals surface area contributed by atoms with Crippen LogP contribution >= 0.6 is 0 Å². The molecule has 0 N–H and O–H groups in total. The van der Waals surface area contributed by atoms with Crippen molar-refractivity contribution in [2.75, 3.05) is 7.11 Å². The first-order valence-corrected chi connectivity index (χ1v) is 6.72. The number of nitrogens with zero attached hydrogens (tertiary/aromatic N) is 3. The molecule has 0 spiro atoms.